The Balaban J connectivity index is 2.68. The molecule has 0 saturated heterocycles. The molecule has 2 rings (SSSR count). The highest BCUT2D eigenvalue weighted by Crippen LogP contribution is 2.36. The third kappa shape index (κ3) is 2.35. The molecule has 104 valence electrons. The van der Waals surface area contributed by atoms with Crippen LogP contribution in [0.4, 0.5) is 17.1 Å². The molecule has 0 aliphatic carbocycles. The van der Waals surface area contributed by atoms with Crippen LogP contribution in [0.2, 0.25) is 0 Å². The first-order valence-corrected chi connectivity index (χ1v) is 6.50. The van der Waals surface area contributed by atoms with Gasteiger partial charge in [-0.15, -0.1) is 0 Å². The molecule has 0 atom stereocenters. The van der Waals surface area contributed by atoms with Crippen LogP contribution in [0.25, 0.3) is 11.0 Å². The molecule has 19 heavy (non-hydrogen) atoms. The van der Waals surface area contributed by atoms with Crippen LogP contribution in [0.15, 0.2) is 10.7 Å². The fraction of sp³-hybridized carbons (Fsp3) is 0.500. The number of rotatable bonds is 6. The zero-order chi connectivity index (χ0) is 13.8. The minimum Gasteiger partial charge on any atom is -0.383 e. The summed E-state index contributed by atoms with van der Waals surface area (Å²) in [7, 11) is 0. The highest BCUT2D eigenvalue weighted by molar-refractivity contribution is 6.00. The van der Waals surface area contributed by atoms with Crippen LogP contribution in [0.5, 0.6) is 0 Å². The highest BCUT2D eigenvalue weighted by Gasteiger charge is 2.21. The van der Waals surface area contributed by atoms with Gasteiger partial charge in [-0.1, -0.05) is 0 Å². The second-order valence-electron chi connectivity index (χ2n) is 4.06. The van der Waals surface area contributed by atoms with Crippen LogP contribution in [-0.4, -0.2) is 24.8 Å². The van der Waals surface area contributed by atoms with E-state index in [9.17, 15) is 5.21 Å². The summed E-state index contributed by atoms with van der Waals surface area (Å²) in [5.74, 6) is 0. The molecule has 0 saturated carbocycles. The molecule has 0 radical (unpaired) electrons. The Bertz CT molecular complexity index is 567. The predicted molar refractivity (Wildman–Crippen MR) is 75.5 cm³/mol. The van der Waals surface area contributed by atoms with Crippen molar-refractivity contribution in [3.05, 3.63) is 11.3 Å². The first-order valence-electron chi connectivity index (χ1n) is 6.50. The molecule has 0 spiro atoms. The molecule has 3 N–H and O–H groups in total. The number of anilines is 3. The number of aromatic nitrogens is 2. The lowest BCUT2D eigenvalue weighted by Crippen LogP contribution is -2.23. The third-order valence-corrected chi connectivity index (χ3v) is 2.76. The number of hydrogen-bond donors (Lipinski definition) is 3. The van der Waals surface area contributed by atoms with Crippen molar-refractivity contribution in [2.45, 2.75) is 20.8 Å². The number of hydrogen-bond acceptors (Lipinski definition) is 6. The maximum absolute atomic E-state index is 11.6. The lowest BCUT2D eigenvalue weighted by molar-refractivity contribution is -0.782. The van der Waals surface area contributed by atoms with Gasteiger partial charge in [0.1, 0.15) is 5.69 Å². The van der Waals surface area contributed by atoms with E-state index in [1.165, 1.54) is 0 Å². The first-order chi connectivity index (χ1) is 9.22. The summed E-state index contributed by atoms with van der Waals surface area (Å²) in [6.45, 7) is 8.29. The van der Waals surface area contributed by atoms with Crippen LogP contribution >= 0.6 is 0 Å². The van der Waals surface area contributed by atoms with Gasteiger partial charge in [0.2, 0.25) is 5.52 Å². The van der Waals surface area contributed by atoms with E-state index in [4.69, 9.17) is 0 Å². The fourth-order valence-electron chi connectivity index (χ4n) is 2.05. The van der Waals surface area contributed by atoms with Crippen LogP contribution in [0.3, 0.4) is 0 Å². The Morgan fingerprint density at radius 1 is 1.11 bits per heavy atom. The van der Waals surface area contributed by atoms with Crippen molar-refractivity contribution in [3.8, 4) is 0 Å². The lowest BCUT2D eigenvalue weighted by atomic mass is 10.1. The topological polar surface area (TPSA) is 89.1 Å². The van der Waals surface area contributed by atoms with Crippen molar-refractivity contribution in [1.29, 1.82) is 0 Å². The summed E-state index contributed by atoms with van der Waals surface area (Å²) in [6, 6.07) is 1.75. The molecule has 1 aromatic heterocycles. The molecular formula is C12H19N5O2. The molecule has 1 aromatic carbocycles. The highest BCUT2D eigenvalue weighted by atomic mass is 16.8. The van der Waals surface area contributed by atoms with Crippen molar-refractivity contribution >= 4 is 28.1 Å². The largest absolute Gasteiger partial charge is 0.383 e. The van der Waals surface area contributed by atoms with Gasteiger partial charge in [-0.25, -0.2) is 0 Å². The summed E-state index contributed by atoms with van der Waals surface area (Å²) in [6.07, 6.45) is 0. The molecule has 0 bridgehead atoms. The second-order valence-corrected chi connectivity index (χ2v) is 4.06. The van der Waals surface area contributed by atoms with Gasteiger partial charge >= 0.3 is 0 Å². The predicted octanol–water partition coefficient (Wildman–Crippen LogP) is 1.76. The zero-order valence-electron chi connectivity index (χ0n) is 11.4. The third-order valence-electron chi connectivity index (χ3n) is 2.76. The van der Waals surface area contributed by atoms with E-state index in [0.717, 1.165) is 36.7 Å². The van der Waals surface area contributed by atoms with Gasteiger partial charge in [-0.05, 0) is 25.7 Å². The summed E-state index contributed by atoms with van der Waals surface area (Å²) in [5, 5.41) is 25.2. The average molecular weight is 265 g/mol. The van der Waals surface area contributed by atoms with Gasteiger partial charge in [0.15, 0.2) is 0 Å². The smallest absolute Gasteiger partial charge is 0.273 e. The van der Waals surface area contributed by atoms with E-state index >= 15 is 0 Å². The minimum absolute atomic E-state index is 0.411. The van der Waals surface area contributed by atoms with Crippen molar-refractivity contribution in [2.75, 3.05) is 35.6 Å². The normalized spacial score (nSPS) is 10.7. The Kier molecular flexibility index (Phi) is 3.94. The molecule has 0 fully saturated rings. The molecule has 0 unspecified atom stereocenters. The van der Waals surface area contributed by atoms with Gasteiger partial charge < -0.3 is 21.2 Å². The average Bonchev–Trinajstić information content (AvgIpc) is 2.76. The summed E-state index contributed by atoms with van der Waals surface area (Å²) < 4.78 is 4.68. The van der Waals surface area contributed by atoms with Crippen LogP contribution < -0.4 is 20.9 Å². The van der Waals surface area contributed by atoms with Crippen molar-refractivity contribution < 1.29 is 9.53 Å². The zero-order valence-corrected chi connectivity index (χ0v) is 11.4. The molecular weight excluding hydrogens is 246 g/mol. The van der Waals surface area contributed by atoms with Gasteiger partial charge in [0.05, 0.1) is 11.4 Å². The molecule has 0 amide bonds. The molecule has 1 heterocycles. The van der Waals surface area contributed by atoms with Gasteiger partial charge in [0, 0.05) is 30.9 Å². The second kappa shape index (κ2) is 5.64. The van der Waals surface area contributed by atoms with Gasteiger partial charge in [-0.2, -0.15) is 0 Å². The molecule has 0 aliphatic rings. The Hall–Kier alpha value is -2.18. The van der Waals surface area contributed by atoms with E-state index in [0.29, 0.717) is 15.9 Å². The van der Waals surface area contributed by atoms with Crippen molar-refractivity contribution in [2.24, 2.45) is 0 Å². The summed E-state index contributed by atoms with van der Waals surface area (Å²) >= 11 is 0. The van der Waals surface area contributed by atoms with E-state index in [2.05, 4.69) is 25.7 Å². The molecule has 0 aliphatic heterocycles. The molecule has 2 aromatic rings. The summed E-state index contributed by atoms with van der Waals surface area (Å²) in [5.41, 5.74) is 3.51. The van der Waals surface area contributed by atoms with E-state index < -0.39 is 0 Å². The van der Waals surface area contributed by atoms with Crippen LogP contribution in [0.1, 0.15) is 20.8 Å². The number of fused-ring (bicyclic) bond motifs is 1. The maximum atomic E-state index is 11.6. The van der Waals surface area contributed by atoms with Gasteiger partial charge in [0.25, 0.3) is 5.52 Å². The fourth-order valence-corrected chi connectivity index (χ4v) is 2.05. The maximum Gasteiger partial charge on any atom is 0.273 e. The first kappa shape index (κ1) is 13.3. The van der Waals surface area contributed by atoms with Crippen molar-refractivity contribution in [3.63, 3.8) is 0 Å². The number of nitrogens with one attached hydrogen (secondary N) is 3. The number of benzene rings is 1. The Morgan fingerprint density at radius 2 is 1.74 bits per heavy atom. The van der Waals surface area contributed by atoms with Crippen LogP contribution in [-0.2, 0) is 0 Å². The van der Waals surface area contributed by atoms with Crippen molar-refractivity contribution in [1.82, 2.24) is 5.16 Å². The Labute approximate surface area is 111 Å². The number of nitrogens with zero attached hydrogens (tertiary/aromatic N) is 2. The minimum atomic E-state index is 0.411. The van der Waals surface area contributed by atoms with E-state index in [-0.39, 0.29) is 0 Å². The van der Waals surface area contributed by atoms with Crippen LogP contribution in [0, 0.1) is 5.21 Å². The quantitative estimate of drug-likeness (QED) is 0.690. The Morgan fingerprint density at radius 3 is 2.37 bits per heavy atom. The SMILES string of the molecule is CCNc1cc2c(no[n+]2[O-])c(NCC)c1NCC. The van der Waals surface area contributed by atoms with E-state index in [1.807, 2.05) is 20.8 Å². The van der Waals surface area contributed by atoms with Gasteiger partial charge in [-0.3, -0.25) is 4.63 Å². The lowest BCUT2D eigenvalue weighted by Gasteiger charge is -2.16. The van der Waals surface area contributed by atoms with E-state index in [1.54, 1.807) is 6.07 Å². The monoisotopic (exact) mass is 265 g/mol. The molecule has 7 heteroatoms. The molecule has 7 nitrogen and oxygen atoms in total. The summed E-state index contributed by atoms with van der Waals surface area (Å²) in [4.78, 5) is 0.423. The standard InChI is InChI=1S/C12H19N5O2/c1-4-13-8-7-9-11(16-19-17(9)18)12(15-6-3)10(8)14-5-2/h7,13-15H,4-6H2,1-3H3.